The van der Waals surface area contributed by atoms with E-state index in [1.807, 2.05) is 4.57 Å². The van der Waals surface area contributed by atoms with Gasteiger partial charge in [0.25, 0.3) is 0 Å². The molecule has 0 saturated heterocycles. The molecule has 1 amide bonds. The van der Waals surface area contributed by atoms with Gasteiger partial charge in [-0.05, 0) is 48.9 Å². The Kier molecular flexibility index (Phi) is 5.79. The lowest BCUT2D eigenvalue weighted by molar-refractivity contribution is -0.124. The zero-order chi connectivity index (χ0) is 21.3. The van der Waals surface area contributed by atoms with Crippen molar-refractivity contribution in [2.24, 2.45) is 0 Å². The summed E-state index contributed by atoms with van der Waals surface area (Å²) in [6.45, 7) is 2.07. The van der Waals surface area contributed by atoms with E-state index in [0.29, 0.717) is 39.1 Å². The van der Waals surface area contributed by atoms with E-state index in [0.717, 1.165) is 5.56 Å². The lowest BCUT2D eigenvalue weighted by Gasteiger charge is -2.17. The highest BCUT2D eigenvalue weighted by atomic mass is 35.5. The summed E-state index contributed by atoms with van der Waals surface area (Å²) >= 11 is 12.4. The molecule has 2 aromatic heterocycles. The number of nitrogens with one attached hydrogen (secondary N) is 1. The first-order valence-electron chi connectivity index (χ1n) is 9.33. The van der Waals surface area contributed by atoms with E-state index >= 15 is 0 Å². The van der Waals surface area contributed by atoms with Crippen LogP contribution in [-0.4, -0.2) is 15.5 Å². The van der Waals surface area contributed by atoms with E-state index in [1.165, 1.54) is 12.1 Å². The molecule has 1 atom stereocenters. The van der Waals surface area contributed by atoms with E-state index in [9.17, 15) is 9.18 Å². The predicted molar refractivity (Wildman–Crippen MR) is 114 cm³/mol. The van der Waals surface area contributed by atoms with Crippen LogP contribution in [0.25, 0.3) is 11.0 Å². The van der Waals surface area contributed by atoms with Crippen LogP contribution >= 0.6 is 23.2 Å². The fourth-order valence-electron chi connectivity index (χ4n) is 3.33. The van der Waals surface area contributed by atoms with Gasteiger partial charge in [-0.1, -0.05) is 35.3 Å². The van der Waals surface area contributed by atoms with Crippen molar-refractivity contribution in [2.75, 3.05) is 0 Å². The average Bonchev–Trinajstić information content (AvgIpc) is 3.35. The van der Waals surface area contributed by atoms with Crippen LogP contribution in [0.5, 0.6) is 0 Å². The van der Waals surface area contributed by atoms with Crippen LogP contribution in [0, 0.1) is 5.82 Å². The van der Waals surface area contributed by atoms with Crippen molar-refractivity contribution in [3.05, 3.63) is 87.8 Å². The maximum Gasteiger partial charge on any atom is 0.243 e. The van der Waals surface area contributed by atoms with Gasteiger partial charge in [-0.2, -0.15) is 0 Å². The zero-order valence-electron chi connectivity index (χ0n) is 16.0. The summed E-state index contributed by atoms with van der Waals surface area (Å²) in [6.07, 6.45) is 1.97. The number of amides is 1. The Morgan fingerprint density at radius 3 is 2.63 bits per heavy atom. The lowest BCUT2D eigenvalue weighted by Crippen LogP contribution is -2.31. The van der Waals surface area contributed by atoms with Gasteiger partial charge >= 0.3 is 0 Å². The van der Waals surface area contributed by atoms with Crippen molar-refractivity contribution < 1.29 is 13.6 Å². The Hall–Kier alpha value is -2.83. The summed E-state index contributed by atoms with van der Waals surface area (Å²) in [4.78, 5) is 17.5. The minimum absolute atomic E-state index is 0.197. The fraction of sp³-hybridized carbons (Fsp3) is 0.182. The number of benzene rings is 2. The van der Waals surface area contributed by atoms with Crippen LogP contribution in [-0.2, 0) is 17.8 Å². The first-order chi connectivity index (χ1) is 14.4. The third-order valence-corrected chi connectivity index (χ3v) is 5.59. The molecule has 0 radical (unpaired) electrons. The molecule has 0 unspecified atom stereocenters. The maximum absolute atomic E-state index is 13.3. The van der Waals surface area contributed by atoms with Crippen molar-refractivity contribution in [3.63, 3.8) is 0 Å². The maximum atomic E-state index is 13.3. The molecule has 4 aromatic rings. The number of rotatable bonds is 6. The third kappa shape index (κ3) is 4.20. The second-order valence-corrected chi connectivity index (χ2v) is 7.74. The quantitative estimate of drug-likeness (QED) is 0.423. The molecule has 0 bridgehead atoms. The number of hydrogen-bond donors (Lipinski definition) is 1. The lowest BCUT2D eigenvalue weighted by atomic mass is 10.1. The van der Waals surface area contributed by atoms with Gasteiger partial charge in [0.2, 0.25) is 5.91 Å². The van der Waals surface area contributed by atoms with Gasteiger partial charge in [-0.25, -0.2) is 9.37 Å². The van der Waals surface area contributed by atoms with Crippen LogP contribution in [0.2, 0.25) is 10.0 Å². The Labute approximate surface area is 182 Å². The first-order valence-corrected chi connectivity index (χ1v) is 10.1. The molecule has 2 heterocycles. The zero-order valence-corrected chi connectivity index (χ0v) is 17.5. The van der Waals surface area contributed by atoms with E-state index in [-0.39, 0.29) is 18.3 Å². The number of furan rings is 1. The molecule has 4 rings (SSSR count). The molecule has 8 heteroatoms. The second kappa shape index (κ2) is 8.50. The highest BCUT2D eigenvalue weighted by Crippen LogP contribution is 2.31. The minimum Gasteiger partial charge on any atom is -0.467 e. The molecular formula is C22H18Cl2FN3O2. The van der Waals surface area contributed by atoms with Crippen molar-refractivity contribution in [2.45, 2.75) is 25.9 Å². The molecule has 0 aliphatic heterocycles. The van der Waals surface area contributed by atoms with Gasteiger partial charge in [0.05, 0.1) is 33.9 Å². The Balaban J connectivity index is 1.70. The van der Waals surface area contributed by atoms with Crippen molar-refractivity contribution in [3.8, 4) is 0 Å². The molecular weight excluding hydrogens is 428 g/mol. The summed E-state index contributed by atoms with van der Waals surface area (Å²) in [6, 6.07) is 12.6. The highest BCUT2D eigenvalue weighted by Gasteiger charge is 2.23. The number of aromatic nitrogens is 2. The largest absolute Gasteiger partial charge is 0.467 e. The van der Waals surface area contributed by atoms with E-state index in [2.05, 4.69) is 10.3 Å². The SMILES string of the molecule is C[C@@H](C(=O)NCc1ccco1)n1c(Cc2ccc(F)cc2)nc2cc(Cl)c(Cl)cc21. The molecule has 0 aliphatic rings. The van der Waals surface area contributed by atoms with Crippen LogP contribution in [0.3, 0.4) is 0 Å². The van der Waals surface area contributed by atoms with Gasteiger partial charge in [-0.15, -0.1) is 0 Å². The highest BCUT2D eigenvalue weighted by molar-refractivity contribution is 6.42. The van der Waals surface area contributed by atoms with Gasteiger partial charge < -0.3 is 14.3 Å². The van der Waals surface area contributed by atoms with Crippen molar-refractivity contribution in [1.82, 2.24) is 14.9 Å². The van der Waals surface area contributed by atoms with E-state index in [1.54, 1.807) is 49.6 Å². The predicted octanol–water partition coefficient (Wildman–Crippen LogP) is 5.54. The monoisotopic (exact) mass is 445 g/mol. The molecule has 0 fully saturated rings. The molecule has 0 aliphatic carbocycles. The topological polar surface area (TPSA) is 60.1 Å². The molecule has 5 nitrogen and oxygen atoms in total. The van der Waals surface area contributed by atoms with Gasteiger partial charge in [0.15, 0.2) is 0 Å². The number of halogens is 3. The van der Waals surface area contributed by atoms with Crippen LogP contribution < -0.4 is 5.32 Å². The standard InChI is InChI=1S/C22H18Cl2FN3O2/c1-13(22(29)26-12-16-3-2-8-30-16)28-20-11-18(24)17(23)10-19(20)27-21(28)9-14-4-6-15(25)7-5-14/h2-8,10-11,13H,9,12H2,1H3,(H,26,29)/t13-/m0/s1. The molecule has 1 N–H and O–H groups in total. The minimum atomic E-state index is -0.572. The van der Waals surface area contributed by atoms with Gasteiger partial charge in [0, 0.05) is 6.42 Å². The summed E-state index contributed by atoms with van der Waals surface area (Å²) in [5.74, 6) is 0.802. The van der Waals surface area contributed by atoms with E-state index in [4.69, 9.17) is 27.6 Å². The van der Waals surface area contributed by atoms with Crippen LogP contribution in [0.15, 0.2) is 59.2 Å². The number of fused-ring (bicyclic) bond motifs is 1. The van der Waals surface area contributed by atoms with E-state index < -0.39 is 6.04 Å². The normalized spacial score (nSPS) is 12.3. The average molecular weight is 446 g/mol. The molecule has 0 saturated carbocycles. The van der Waals surface area contributed by atoms with Crippen LogP contribution in [0.4, 0.5) is 4.39 Å². The van der Waals surface area contributed by atoms with Gasteiger partial charge in [0.1, 0.15) is 23.4 Å². The second-order valence-electron chi connectivity index (χ2n) is 6.93. The Morgan fingerprint density at radius 1 is 1.20 bits per heavy atom. The summed E-state index contributed by atoms with van der Waals surface area (Å²) in [5, 5.41) is 3.64. The Bertz CT molecular complexity index is 1190. The third-order valence-electron chi connectivity index (χ3n) is 4.86. The number of nitrogens with zero attached hydrogens (tertiary/aromatic N) is 2. The fourth-order valence-corrected chi connectivity index (χ4v) is 3.65. The number of hydrogen-bond acceptors (Lipinski definition) is 3. The summed E-state index contributed by atoms with van der Waals surface area (Å²) < 4.78 is 20.4. The van der Waals surface area contributed by atoms with Gasteiger partial charge in [-0.3, -0.25) is 4.79 Å². The number of carbonyl (C=O) groups is 1. The Morgan fingerprint density at radius 2 is 1.93 bits per heavy atom. The number of imidazole rings is 1. The molecule has 30 heavy (non-hydrogen) atoms. The summed E-state index contributed by atoms with van der Waals surface area (Å²) in [7, 11) is 0. The smallest absolute Gasteiger partial charge is 0.243 e. The van der Waals surface area contributed by atoms with Crippen molar-refractivity contribution in [1.29, 1.82) is 0 Å². The molecule has 0 spiro atoms. The summed E-state index contributed by atoms with van der Waals surface area (Å²) in [5.41, 5.74) is 2.20. The van der Waals surface area contributed by atoms with Crippen molar-refractivity contribution >= 4 is 40.1 Å². The first kappa shape index (κ1) is 20.4. The van der Waals surface area contributed by atoms with Crippen LogP contribution in [0.1, 0.15) is 30.1 Å². The molecule has 2 aromatic carbocycles. The number of carbonyl (C=O) groups excluding carboxylic acids is 1. The molecule has 154 valence electrons.